The Morgan fingerprint density at radius 2 is 1.90 bits per heavy atom. The molecule has 3 rings (SSSR count). The van der Waals surface area contributed by atoms with Crippen molar-refractivity contribution < 1.29 is 8.78 Å². The number of hydrogen-bond acceptors (Lipinski definition) is 4. The standard InChI is InChI=1S/C15H17F2N3S/c16-12-2-1-3-13(17)14(12)10-4-6-20(7-5-10)9-11-8-19-15(18)21-11/h1-3,8,10H,4-7,9H2,(H2,18,19). The first kappa shape index (κ1) is 14.4. The summed E-state index contributed by atoms with van der Waals surface area (Å²) in [5, 5.41) is 0.577. The van der Waals surface area contributed by atoms with E-state index in [-0.39, 0.29) is 11.5 Å². The highest BCUT2D eigenvalue weighted by Crippen LogP contribution is 2.32. The van der Waals surface area contributed by atoms with E-state index in [1.165, 1.54) is 29.5 Å². The Morgan fingerprint density at radius 1 is 1.24 bits per heavy atom. The van der Waals surface area contributed by atoms with Gasteiger partial charge < -0.3 is 5.73 Å². The summed E-state index contributed by atoms with van der Waals surface area (Å²) in [4.78, 5) is 7.45. The van der Waals surface area contributed by atoms with Crippen molar-refractivity contribution in [1.29, 1.82) is 0 Å². The van der Waals surface area contributed by atoms with Crippen LogP contribution in [0, 0.1) is 11.6 Å². The van der Waals surface area contributed by atoms with Crippen LogP contribution in [0.1, 0.15) is 29.2 Å². The third kappa shape index (κ3) is 3.22. The molecule has 0 saturated carbocycles. The minimum absolute atomic E-state index is 0.0334. The molecule has 1 saturated heterocycles. The van der Waals surface area contributed by atoms with Crippen molar-refractivity contribution in [3.8, 4) is 0 Å². The molecule has 21 heavy (non-hydrogen) atoms. The number of anilines is 1. The van der Waals surface area contributed by atoms with Gasteiger partial charge in [0.2, 0.25) is 0 Å². The number of nitrogens with zero attached hydrogens (tertiary/aromatic N) is 2. The lowest BCUT2D eigenvalue weighted by Gasteiger charge is -2.32. The zero-order valence-electron chi connectivity index (χ0n) is 11.6. The summed E-state index contributed by atoms with van der Waals surface area (Å²) in [7, 11) is 0. The molecule has 6 heteroatoms. The average molecular weight is 309 g/mol. The van der Waals surface area contributed by atoms with E-state index in [0.29, 0.717) is 5.13 Å². The molecule has 2 N–H and O–H groups in total. The number of halogens is 2. The number of nitrogens with two attached hydrogens (primary N) is 1. The number of nitrogen functional groups attached to an aromatic ring is 1. The second-order valence-corrected chi connectivity index (χ2v) is 6.50. The van der Waals surface area contributed by atoms with Gasteiger partial charge in [0.25, 0.3) is 0 Å². The van der Waals surface area contributed by atoms with Gasteiger partial charge in [-0.25, -0.2) is 13.8 Å². The van der Waals surface area contributed by atoms with Crippen LogP contribution in [0.15, 0.2) is 24.4 Å². The van der Waals surface area contributed by atoms with Crippen molar-refractivity contribution in [2.75, 3.05) is 18.8 Å². The summed E-state index contributed by atoms with van der Waals surface area (Å²) in [6, 6.07) is 4.09. The Labute approximate surface area is 126 Å². The lowest BCUT2D eigenvalue weighted by atomic mass is 9.88. The van der Waals surface area contributed by atoms with Gasteiger partial charge in [-0.2, -0.15) is 0 Å². The first-order chi connectivity index (χ1) is 10.1. The molecule has 2 aromatic rings. The summed E-state index contributed by atoms with van der Waals surface area (Å²) in [5.41, 5.74) is 5.87. The number of piperidine rings is 1. The number of likely N-dealkylation sites (tertiary alicyclic amines) is 1. The molecule has 0 bridgehead atoms. The number of thiazole rings is 1. The molecule has 112 valence electrons. The number of benzene rings is 1. The highest BCUT2D eigenvalue weighted by atomic mass is 32.1. The average Bonchev–Trinajstić information content (AvgIpc) is 2.86. The molecule has 3 nitrogen and oxygen atoms in total. The molecular weight excluding hydrogens is 292 g/mol. The van der Waals surface area contributed by atoms with Crippen molar-refractivity contribution in [2.45, 2.75) is 25.3 Å². The van der Waals surface area contributed by atoms with Gasteiger partial charge in [0.05, 0.1) is 0 Å². The van der Waals surface area contributed by atoms with Crippen LogP contribution in [0.3, 0.4) is 0 Å². The Morgan fingerprint density at radius 3 is 2.48 bits per heavy atom. The zero-order valence-corrected chi connectivity index (χ0v) is 12.4. The molecule has 0 aliphatic carbocycles. The van der Waals surface area contributed by atoms with Crippen molar-refractivity contribution in [2.24, 2.45) is 0 Å². The van der Waals surface area contributed by atoms with E-state index in [1.807, 2.05) is 0 Å². The molecular formula is C15H17F2N3S. The van der Waals surface area contributed by atoms with E-state index in [2.05, 4.69) is 9.88 Å². The molecule has 0 atom stereocenters. The van der Waals surface area contributed by atoms with Crippen molar-refractivity contribution >= 4 is 16.5 Å². The third-order valence-corrected chi connectivity index (χ3v) is 4.76. The van der Waals surface area contributed by atoms with Crippen LogP contribution < -0.4 is 5.73 Å². The van der Waals surface area contributed by atoms with Crippen LogP contribution in [0.5, 0.6) is 0 Å². The summed E-state index contributed by atoms with van der Waals surface area (Å²) in [6.45, 7) is 2.47. The number of rotatable bonds is 3. The lowest BCUT2D eigenvalue weighted by molar-refractivity contribution is 0.203. The molecule has 0 radical (unpaired) electrons. The van der Waals surface area contributed by atoms with E-state index in [4.69, 9.17) is 5.73 Å². The quantitative estimate of drug-likeness (QED) is 0.945. The van der Waals surface area contributed by atoms with E-state index >= 15 is 0 Å². The highest BCUT2D eigenvalue weighted by molar-refractivity contribution is 7.15. The monoisotopic (exact) mass is 309 g/mol. The fraction of sp³-hybridized carbons (Fsp3) is 0.400. The fourth-order valence-corrected chi connectivity index (χ4v) is 3.62. The fourth-order valence-electron chi connectivity index (χ4n) is 2.90. The molecule has 0 spiro atoms. The summed E-state index contributed by atoms with van der Waals surface area (Å²) in [6.07, 6.45) is 3.33. The largest absolute Gasteiger partial charge is 0.375 e. The van der Waals surface area contributed by atoms with Crippen LogP contribution in [-0.4, -0.2) is 23.0 Å². The van der Waals surface area contributed by atoms with Gasteiger partial charge in [-0.3, -0.25) is 4.90 Å². The van der Waals surface area contributed by atoms with Gasteiger partial charge in [0.1, 0.15) is 11.6 Å². The predicted octanol–water partition coefficient (Wildman–Crippen LogP) is 3.38. The lowest BCUT2D eigenvalue weighted by Crippen LogP contribution is -2.32. The predicted molar refractivity (Wildman–Crippen MR) is 80.1 cm³/mol. The van der Waals surface area contributed by atoms with Crippen LogP contribution >= 0.6 is 11.3 Å². The van der Waals surface area contributed by atoms with E-state index in [0.717, 1.165) is 37.4 Å². The molecule has 1 aliphatic heterocycles. The Bertz CT molecular complexity index is 601. The van der Waals surface area contributed by atoms with Crippen LogP contribution in [0.25, 0.3) is 0 Å². The topological polar surface area (TPSA) is 42.1 Å². The minimum Gasteiger partial charge on any atom is -0.375 e. The van der Waals surface area contributed by atoms with Gasteiger partial charge in [-0.1, -0.05) is 6.07 Å². The van der Waals surface area contributed by atoms with E-state index in [9.17, 15) is 8.78 Å². The minimum atomic E-state index is -0.427. The molecule has 1 aromatic carbocycles. The maximum absolute atomic E-state index is 13.8. The smallest absolute Gasteiger partial charge is 0.180 e. The van der Waals surface area contributed by atoms with Gasteiger partial charge in [0.15, 0.2) is 5.13 Å². The zero-order chi connectivity index (χ0) is 14.8. The summed E-state index contributed by atoms with van der Waals surface area (Å²) < 4.78 is 27.6. The van der Waals surface area contributed by atoms with Crippen molar-refractivity contribution in [1.82, 2.24) is 9.88 Å². The molecule has 1 fully saturated rings. The van der Waals surface area contributed by atoms with E-state index in [1.54, 1.807) is 6.20 Å². The highest BCUT2D eigenvalue weighted by Gasteiger charge is 2.25. The normalized spacial score (nSPS) is 17.2. The first-order valence-corrected chi connectivity index (χ1v) is 7.81. The number of aromatic nitrogens is 1. The summed E-state index contributed by atoms with van der Waals surface area (Å²) in [5.74, 6) is -0.888. The van der Waals surface area contributed by atoms with Gasteiger partial charge in [-0.05, 0) is 44.0 Å². The first-order valence-electron chi connectivity index (χ1n) is 7.00. The molecule has 0 amide bonds. The second-order valence-electron chi connectivity index (χ2n) is 5.35. The second kappa shape index (κ2) is 6.07. The van der Waals surface area contributed by atoms with Crippen molar-refractivity contribution in [3.63, 3.8) is 0 Å². The molecule has 2 heterocycles. The maximum Gasteiger partial charge on any atom is 0.180 e. The summed E-state index contributed by atoms with van der Waals surface area (Å²) >= 11 is 1.49. The molecule has 1 aliphatic rings. The van der Waals surface area contributed by atoms with Crippen LogP contribution in [0.4, 0.5) is 13.9 Å². The van der Waals surface area contributed by atoms with Crippen LogP contribution in [0.2, 0.25) is 0 Å². The van der Waals surface area contributed by atoms with Gasteiger partial charge in [-0.15, -0.1) is 11.3 Å². The number of hydrogen-bond donors (Lipinski definition) is 1. The molecule has 1 aromatic heterocycles. The van der Waals surface area contributed by atoms with Crippen molar-refractivity contribution in [3.05, 3.63) is 46.5 Å². The van der Waals surface area contributed by atoms with Gasteiger partial charge >= 0.3 is 0 Å². The van der Waals surface area contributed by atoms with Gasteiger partial charge in [0, 0.05) is 23.2 Å². The SMILES string of the molecule is Nc1ncc(CN2CCC(c3c(F)cccc3F)CC2)s1. The third-order valence-electron chi connectivity index (χ3n) is 3.95. The maximum atomic E-state index is 13.8. The Balaban J connectivity index is 1.62. The Hall–Kier alpha value is -1.53. The van der Waals surface area contributed by atoms with E-state index < -0.39 is 11.6 Å². The molecule has 0 unspecified atom stereocenters. The Kier molecular flexibility index (Phi) is 4.17. The van der Waals surface area contributed by atoms with Crippen LogP contribution in [-0.2, 0) is 6.54 Å².